The van der Waals surface area contributed by atoms with E-state index in [2.05, 4.69) is 47.9 Å². The van der Waals surface area contributed by atoms with E-state index in [0.29, 0.717) is 6.42 Å². The maximum absolute atomic E-state index is 12.0. The third-order valence-corrected chi connectivity index (χ3v) is 4.99. The highest BCUT2D eigenvalue weighted by atomic mass is 31.2. The molecule has 0 aromatic heterocycles. The Labute approximate surface area is 209 Å². The molecule has 2 unspecified atom stereocenters. The summed E-state index contributed by atoms with van der Waals surface area (Å²) in [6.07, 6.45) is 23.7. The van der Waals surface area contributed by atoms with Crippen LogP contribution in [-0.2, 0) is 32.7 Å². The van der Waals surface area contributed by atoms with Gasteiger partial charge in [-0.2, -0.15) is 0 Å². The van der Waals surface area contributed by atoms with Crippen LogP contribution in [0.2, 0.25) is 0 Å². The average Bonchev–Trinajstić information content (AvgIpc) is 2.82. The smallest absolute Gasteiger partial charge is 0.462 e. The predicted molar refractivity (Wildman–Crippen MR) is 136 cm³/mol. The second-order valence-corrected chi connectivity index (χ2v) is 8.67. The van der Waals surface area contributed by atoms with E-state index < -0.39 is 32.5 Å². The molecule has 0 rings (SSSR count). The number of phosphoric acid groups is 1. The molecule has 0 aromatic rings. The van der Waals surface area contributed by atoms with Crippen LogP contribution in [0.15, 0.2) is 60.8 Å². The van der Waals surface area contributed by atoms with E-state index in [0.717, 1.165) is 25.7 Å². The van der Waals surface area contributed by atoms with Gasteiger partial charge in [-0.3, -0.25) is 18.6 Å². The first-order valence-corrected chi connectivity index (χ1v) is 13.2. The normalized spacial score (nSPS) is 15.0. The van der Waals surface area contributed by atoms with Gasteiger partial charge in [0, 0.05) is 13.5 Å². The molecule has 3 N–H and O–H groups in total. The Bertz CT molecular complexity index is 773. The molecule has 0 radical (unpaired) electrons. The van der Waals surface area contributed by atoms with Gasteiger partial charge in [-0.25, -0.2) is 4.57 Å². The Morgan fingerprint density at radius 3 is 1.86 bits per heavy atom. The predicted octanol–water partition coefficient (Wildman–Crippen LogP) is 4.70. The van der Waals surface area contributed by atoms with Gasteiger partial charge in [0.05, 0.1) is 19.6 Å². The fraction of sp³-hybridized carbons (Fsp3) is 0.520. The van der Waals surface area contributed by atoms with Gasteiger partial charge in [0.1, 0.15) is 6.61 Å². The molecule has 0 aliphatic carbocycles. The van der Waals surface area contributed by atoms with Crippen molar-refractivity contribution in [2.24, 2.45) is 5.73 Å². The lowest BCUT2D eigenvalue weighted by molar-refractivity contribution is -0.159. The van der Waals surface area contributed by atoms with Crippen LogP contribution in [0, 0.1) is 0 Å². The molecule has 0 aliphatic heterocycles. The molecule has 0 bridgehead atoms. The second kappa shape index (κ2) is 22.2. The van der Waals surface area contributed by atoms with Crippen LogP contribution >= 0.6 is 7.82 Å². The van der Waals surface area contributed by atoms with Crippen LogP contribution in [0.1, 0.15) is 52.4 Å². The lowest BCUT2D eigenvalue weighted by Gasteiger charge is -2.19. The topological polar surface area (TPSA) is 134 Å². The highest BCUT2D eigenvalue weighted by Gasteiger charge is 2.25. The molecule has 0 amide bonds. The Morgan fingerprint density at radius 1 is 0.857 bits per heavy atom. The molecule has 0 saturated carbocycles. The summed E-state index contributed by atoms with van der Waals surface area (Å²) in [6.45, 7) is 2.37. The fourth-order valence-corrected chi connectivity index (χ4v) is 3.14. The van der Waals surface area contributed by atoms with E-state index in [4.69, 9.17) is 19.7 Å². The van der Waals surface area contributed by atoms with Crippen molar-refractivity contribution in [3.05, 3.63) is 60.8 Å². The van der Waals surface area contributed by atoms with Crippen LogP contribution in [0.4, 0.5) is 0 Å². The zero-order valence-electron chi connectivity index (χ0n) is 20.8. The standard InChI is InChI=1S/C25H40NO8P/c1-3-4-5-6-7-8-9-10-11-12-13-14-15-16-17-18-25(28)34-24(21-31-23(2)27)22-33-35(29,30)32-20-19-26/h4-5,7-8,10-11,13-14,16-17,24H,3,6,9,12,15,18-22,26H2,1-2H3,(H,29,30)/b5-4-,8-7-,11-10-,14-13-,17-16-. The van der Waals surface area contributed by atoms with Crippen molar-refractivity contribution in [3.8, 4) is 0 Å². The first-order valence-electron chi connectivity index (χ1n) is 11.7. The number of nitrogens with two attached hydrogens (primary N) is 1. The fourth-order valence-electron chi connectivity index (χ4n) is 2.37. The Balaban J connectivity index is 4.25. The maximum Gasteiger partial charge on any atom is 0.472 e. The number of carbonyl (C=O) groups excluding carboxylic acids is 2. The van der Waals surface area contributed by atoms with Crippen LogP contribution in [0.3, 0.4) is 0 Å². The highest BCUT2D eigenvalue weighted by Crippen LogP contribution is 2.43. The third kappa shape index (κ3) is 23.2. The Hall–Kier alpha value is -2.29. The molecule has 9 nitrogen and oxygen atoms in total. The van der Waals surface area contributed by atoms with Crippen LogP contribution in [0.5, 0.6) is 0 Å². The molecule has 2 atom stereocenters. The van der Waals surface area contributed by atoms with Gasteiger partial charge in [0.2, 0.25) is 0 Å². The summed E-state index contributed by atoms with van der Waals surface area (Å²) < 4.78 is 31.1. The number of ether oxygens (including phenoxy) is 2. The monoisotopic (exact) mass is 513 g/mol. The average molecular weight is 514 g/mol. The molecule has 0 saturated heterocycles. The lowest BCUT2D eigenvalue weighted by atomic mass is 10.2. The molecular formula is C25H40NO8P. The largest absolute Gasteiger partial charge is 0.472 e. The van der Waals surface area contributed by atoms with E-state index in [-0.39, 0.29) is 26.2 Å². The van der Waals surface area contributed by atoms with Gasteiger partial charge in [-0.05, 0) is 32.1 Å². The molecule has 0 fully saturated rings. The van der Waals surface area contributed by atoms with Gasteiger partial charge in [0.25, 0.3) is 0 Å². The number of hydrogen-bond donors (Lipinski definition) is 2. The maximum atomic E-state index is 12.0. The highest BCUT2D eigenvalue weighted by molar-refractivity contribution is 7.47. The van der Waals surface area contributed by atoms with Crippen LogP contribution in [0.25, 0.3) is 0 Å². The van der Waals surface area contributed by atoms with E-state index in [1.807, 2.05) is 18.2 Å². The summed E-state index contributed by atoms with van der Waals surface area (Å²) in [5, 5.41) is 0. The molecule has 0 spiro atoms. The van der Waals surface area contributed by atoms with Crippen molar-refractivity contribution in [1.82, 2.24) is 0 Å². The van der Waals surface area contributed by atoms with E-state index in [1.54, 1.807) is 6.08 Å². The summed E-state index contributed by atoms with van der Waals surface area (Å²) in [4.78, 5) is 32.6. The zero-order valence-corrected chi connectivity index (χ0v) is 21.6. The first kappa shape index (κ1) is 32.7. The molecule has 0 aliphatic rings. The zero-order chi connectivity index (χ0) is 26.2. The van der Waals surface area contributed by atoms with Crippen molar-refractivity contribution >= 4 is 19.8 Å². The SMILES string of the molecule is CC/C=C\C/C=C\C/C=C\C/C=C\C/C=C\CC(=O)OC(COC(C)=O)COP(=O)(O)OCCN. The quantitative estimate of drug-likeness (QED) is 0.135. The lowest BCUT2D eigenvalue weighted by Crippen LogP contribution is -2.29. The van der Waals surface area contributed by atoms with Crippen LogP contribution in [-0.4, -0.2) is 49.3 Å². The molecule has 198 valence electrons. The number of esters is 2. The Kier molecular flexibility index (Phi) is 20.7. The number of hydrogen-bond acceptors (Lipinski definition) is 8. The van der Waals surface area contributed by atoms with Crippen molar-refractivity contribution in [1.29, 1.82) is 0 Å². The summed E-state index contributed by atoms with van der Waals surface area (Å²) >= 11 is 0. The number of rotatable bonds is 20. The minimum atomic E-state index is -4.35. The van der Waals surface area contributed by atoms with Crippen molar-refractivity contribution in [2.75, 3.05) is 26.4 Å². The van der Waals surface area contributed by atoms with Gasteiger partial charge >= 0.3 is 19.8 Å². The summed E-state index contributed by atoms with van der Waals surface area (Å²) in [5.41, 5.74) is 5.21. The first-order chi connectivity index (χ1) is 16.8. The Morgan fingerprint density at radius 2 is 1.37 bits per heavy atom. The van der Waals surface area contributed by atoms with Gasteiger partial charge < -0.3 is 20.1 Å². The summed E-state index contributed by atoms with van der Waals surface area (Å²) in [5.74, 6) is -1.18. The molecule has 10 heteroatoms. The minimum absolute atomic E-state index is 0.00937. The van der Waals surface area contributed by atoms with E-state index in [1.165, 1.54) is 6.92 Å². The summed E-state index contributed by atoms with van der Waals surface area (Å²) in [6, 6.07) is 0. The van der Waals surface area contributed by atoms with E-state index >= 15 is 0 Å². The third-order valence-electron chi connectivity index (χ3n) is 4.01. The van der Waals surface area contributed by atoms with E-state index in [9.17, 15) is 19.0 Å². The molecule has 35 heavy (non-hydrogen) atoms. The van der Waals surface area contributed by atoms with Crippen LogP contribution < -0.4 is 5.73 Å². The van der Waals surface area contributed by atoms with Gasteiger partial charge in [0.15, 0.2) is 6.10 Å². The summed E-state index contributed by atoms with van der Waals surface area (Å²) in [7, 11) is -4.35. The minimum Gasteiger partial charge on any atom is -0.462 e. The molecule has 0 aromatic carbocycles. The molecule has 0 heterocycles. The van der Waals surface area contributed by atoms with Crippen molar-refractivity contribution in [3.63, 3.8) is 0 Å². The number of allylic oxidation sites excluding steroid dienone is 9. The number of carbonyl (C=O) groups is 2. The van der Waals surface area contributed by atoms with Gasteiger partial charge in [-0.15, -0.1) is 0 Å². The van der Waals surface area contributed by atoms with Crippen molar-refractivity contribution in [2.45, 2.75) is 58.5 Å². The number of phosphoric ester groups is 1. The molecular weight excluding hydrogens is 473 g/mol. The van der Waals surface area contributed by atoms with Crippen molar-refractivity contribution < 1.29 is 37.6 Å². The second-order valence-electron chi connectivity index (χ2n) is 7.21. The van der Waals surface area contributed by atoms with Gasteiger partial charge in [-0.1, -0.05) is 67.7 Å².